The number of amides is 3. The lowest BCUT2D eigenvalue weighted by Gasteiger charge is -2.26. The maximum absolute atomic E-state index is 13.9. The van der Waals surface area contributed by atoms with Crippen molar-refractivity contribution in [2.75, 3.05) is 53.1 Å². The highest BCUT2D eigenvalue weighted by Crippen LogP contribution is 2.36. The first-order valence-corrected chi connectivity index (χ1v) is 17.0. The second kappa shape index (κ2) is 15.6. The first kappa shape index (κ1) is 33.5. The van der Waals surface area contributed by atoms with Gasteiger partial charge in [-0.1, -0.05) is 11.6 Å². The zero-order valence-electron chi connectivity index (χ0n) is 27.2. The third-order valence-corrected chi connectivity index (χ3v) is 9.30. The maximum atomic E-state index is 13.9. The average molecular weight is 680 g/mol. The molecule has 1 N–H and O–H groups in total. The number of carbonyl (C=O) groups excluding carboxylic acids is 3. The van der Waals surface area contributed by atoms with Gasteiger partial charge in [-0.25, -0.2) is 4.98 Å². The fourth-order valence-electron chi connectivity index (χ4n) is 6.36. The summed E-state index contributed by atoms with van der Waals surface area (Å²) in [7, 11) is 1.60. The Balaban J connectivity index is 1.22. The molecule has 4 heterocycles. The van der Waals surface area contributed by atoms with E-state index < -0.39 is 0 Å². The minimum Gasteiger partial charge on any atom is -0.493 e. The monoisotopic (exact) mass is 679 g/mol. The summed E-state index contributed by atoms with van der Waals surface area (Å²) < 4.78 is 25.2. The molecule has 3 aliphatic rings. The van der Waals surface area contributed by atoms with Gasteiger partial charge in [-0.2, -0.15) is 0 Å². The van der Waals surface area contributed by atoms with Crippen molar-refractivity contribution in [1.29, 1.82) is 0 Å². The Morgan fingerprint density at radius 3 is 2.40 bits per heavy atom. The molecule has 1 saturated heterocycles. The topological polar surface area (TPSA) is 124 Å². The third kappa shape index (κ3) is 8.15. The molecule has 6 rings (SSSR count). The fourth-order valence-corrected chi connectivity index (χ4v) is 6.58. The summed E-state index contributed by atoms with van der Waals surface area (Å²) in [6.07, 6.45) is 7.20. The molecule has 3 amide bonds. The van der Waals surface area contributed by atoms with Crippen LogP contribution in [0.3, 0.4) is 0 Å². The Morgan fingerprint density at radius 2 is 1.65 bits per heavy atom. The molecule has 0 unspecified atom stereocenters. The molecule has 3 aliphatic heterocycles. The number of hydrogen-bond donors (Lipinski definition) is 1. The predicted octanol–water partition coefficient (Wildman–Crippen LogP) is 4.11. The van der Waals surface area contributed by atoms with Crippen molar-refractivity contribution in [2.24, 2.45) is 0 Å². The number of rotatable bonds is 5. The van der Waals surface area contributed by atoms with Crippen LogP contribution < -0.4 is 24.3 Å². The van der Waals surface area contributed by atoms with E-state index in [1.54, 1.807) is 25.4 Å². The molecule has 3 aromatic rings. The molecule has 0 aliphatic carbocycles. The Labute approximate surface area is 285 Å². The summed E-state index contributed by atoms with van der Waals surface area (Å²) >= 11 is 6.59. The van der Waals surface area contributed by atoms with Crippen LogP contribution in [0.15, 0.2) is 42.7 Å². The predicted molar refractivity (Wildman–Crippen MR) is 179 cm³/mol. The summed E-state index contributed by atoms with van der Waals surface area (Å²) in [5.41, 5.74) is 1.54. The van der Waals surface area contributed by atoms with E-state index in [1.165, 1.54) is 0 Å². The van der Waals surface area contributed by atoms with Gasteiger partial charge in [0.05, 0.1) is 20.1 Å². The van der Waals surface area contributed by atoms with Crippen molar-refractivity contribution in [1.82, 2.24) is 24.7 Å². The van der Waals surface area contributed by atoms with Gasteiger partial charge in [-0.3, -0.25) is 14.4 Å². The van der Waals surface area contributed by atoms with Crippen LogP contribution in [0, 0.1) is 0 Å². The van der Waals surface area contributed by atoms with Crippen molar-refractivity contribution >= 4 is 29.3 Å². The smallest absolute Gasteiger partial charge is 0.227 e. The summed E-state index contributed by atoms with van der Waals surface area (Å²) in [6.45, 7) is 3.83. The van der Waals surface area contributed by atoms with Gasteiger partial charge in [0.1, 0.15) is 19.0 Å². The Hall–Kier alpha value is -4.45. The molecule has 0 spiro atoms. The molecule has 1 atom stereocenters. The van der Waals surface area contributed by atoms with Crippen molar-refractivity contribution in [2.45, 2.75) is 57.5 Å². The van der Waals surface area contributed by atoms with Gasteiger partial charge >= 0.3 is 0 Å². The number of aromatic nitrogens is 2. The highest BCUT2D eigenvalue weighted by atomic mass is 35.5. The summed E-state index contributed by atoms with van der Waals surface area (Å²) in [5.74, 6) is 3.06. The number of imidazole rings is 1. The SMILES string of the molecule is COc1ccc2cc1OCCCN(C(=O)C[C@H]1CCC(=O)N1)CCCCN(C(=O)Cc1cc3c(cc1Cl)OCCO3)CCn1ccnc1-2. The van der Waals surface area contributed by atoms with Crippen LogP contribution in [0.4, 0.5) is 0 Å². The number of benzene rings is 2. The molecule has 2 bridgehead atoms. The minimum atomic E-state index is -0.135. The van der Waals surface area contributed by atoms with Gasteiger partial charge in [0, 0.05) is 80.7 Å². The van der Waals surface area contributed by atoms with E-state index in [1.807, 2.05) is 38.8 Å². The summed E-state index contributed by atoms with van der Waals surface area (Å²) in [4.78, 5) is 47.4. The quantitative estimate of drug-likeness (QED) is 0.427. The number of carbonyl (C=O) groups is 3. The van der Waals surface area contributed by atoms with E-state index in [0.717, 1.165) is 11.4 Å². The Bertz CT molecular complexity index is 1630. The van der Waals surface area contributed by atoms with E-state index in [0.29, 0.717) is 118 Å². The molecule has 0 saturated carbocycles. The molecule has 256 valence electrons. The number of ether oxygens (including phenoxy) is 4. The Morgan fingerprint density at radius 1 is 0.917 bits per heavy atom. The highest BCUT2D eigenvalue weighted by molar-refractivity contribution is 6.31. The van der Waals surface area contributed by atoms with Gasteiger partial charge < -0.3 is 38.6 Å². The molecule has 12 nitrogen and oxygen atoms in total. The van der Waals surface area contributed by atoms with Gasteiger partial charge in [-0.15, -0.1) is 0 Å². The van der Waals surface area contributed by atoms with Crippen LogP contribution in [0.25, 0.3) is 11.4 Å². The van der Waals surface area contributed by atoms with Crippen molar-refractivity contribution < 1.29 is 33.3 Å². The molecule has 1 aromatic heterocycles. The van der Waals surface area contributed by atoms with E-state index in [4.69, 9.17) is 30.5 Å². The number of fused-ring (bicyclic) bond motifs is 5. The van der Waals surface area contributed by atoms with Crippen LogP contribution in [0.1, 0.15) is 44.1 Å². The van der Waals surface area contributed by atoms with Gasteiger partial charge in [0.15, 0.2) is 23.0 Å². The molecule has 13 heteroatoms. The van der Waals surface area contributed by atoms with Crippen LogP contribution in [0.5, 0.6) is 23.0 Å². The lowest BCUT2D eigenvalue weighted by atomic mass is 10.1. The summed E-state index contributed by atoms with van der Waals surface area (Å²) in [5, 5.41) is 3.36. The third-order valence-electron chi connectivity index (χ3n) is 8.95. The number of nitrogens with one attached hydrogen (secondary N) is 1. The molecule has 2 aromatic carbocycles. The standard InChI is InChI=1S/C35H42ClN5O7/c1-45-28-7-5-24-19-29(28)46-16-4-12-39(34(44)22-26-6-8-32(42)38-26)10-2-3-11-40(14-15-41-13-9-37-35(24)41)33(43)21-25-20-30-31(23-27(25)36)48-18-17-47-30/h5,7,9,13,19-20,23,26H,2-4,6,8,10-12,14-18,21-22H2,1H3,(H,38,42)/t26-/m1/s1. The maximum Gasteiger partial charge on any atom is 0.227 e. The summed E-state index contributed by atoms with van der Waals surface area (Å²) in [6, 6.07) is 9.08. The van der Waals surface area contributed by atoms with Gasteiger partial charge in [0.2, 0.25) is 17.7 Å². The largest absolute Gasteiger partial charge is 0.493 e. The fraction of sp³-hybridized carbons (Fsp3) is 0.486. The minimum absolute atomic E-state index is 0.00583. The van der Waals surface area contributed by atoms with Gasteiger partial charge in [-0.05, 0) is 55.5 Å². The lowest BCUT2D eigenvalue weighted by molar-refractivity contribution is -0.133. The second-order valence-corrected chi connectivity index (χ2v) is 12.7. The zero-order chi connectivity index (χ0) is 33.5. The van der Waals surface area contributed by atoms with Crippen molar-refractivity contribution in [3.63, 3.8) is 0 Å². The highest BCUT2D eigenvalue weighted by Gasteiger charge is 2.26. The first-order chi connectivity index (χ1) is 23.4. The van der Waals surface area contributed by atoms with E-state index >= 15 is 0 Å². The number of halogens is 1. The molecular weight excluding hydrogens is 638 g/mol. The van der Waals surface area contributed by atoms with Crippen molar-refractivity contribution in [3.05, 3.63) is 53.3 Å². The van der Waals surface area contributed by atoms with E-state index in [2.05, 4.69) is 10.3 Å². The normalized spacial score (nSPS) is 18.7. The first-order valence-electron chi connectivity index (χ1n) is 16.6. The molecule has 1 fully saturated rings. The van der Waals surface area contributed by atoms with Gasteiger partial charge in [0.25, 0.3) is 0 Å². The average Bonchev–Trinajstić information content (AvgIpc) is 3.73. The Kier molecular flexibility index (Phi) is 10.9. The molecule has 0 radical (unpaired) electrons. The van der Waals surface area contributed by atoms with E-state index in [9.17, 15) is 14.4 Å². The van der Waals surface area contributed by atoms with Crippen LogP contribution in [0.2, 0.25) is 5.02 Å². The van der Waals surface area contributed by atoms with E-state index in [-0.39, 0.29) is 36.6 Å². The van der Waals surface area contributed by atoms with Crippen molar-refractivity contribution in [3.8, 4) is 34.4 Å². The lowest BCUT2D eigenvalue weighted by Crippen LogP contribution is -2.39. The van der Waals surface area contributed by atoms with Crippen LogP contribution in [-0.4, -0.2) is 96.2 Å². The zero-order valence-corrected chi connectivity index (χ0v) is 28.0. The van der Waals surface area contributed by atoms with Crippen LogP contribution >= 0.6 is 11.6 Å². The number of nitrogens with zero attached hydrogens (tertiary/aromatic N) is 4. The van der Waals surface area contributed by atoms with Crippen LogP contribution in [-0.2, 0) is 27.3 Å². The number of methoxy groups -OCH3 is 1. The molecule has 48 heavy (non-hydrogen) atoms. The number of hydrogen-bond acceptors (Lipinski definition) is 8. The molecular formula is C35H42ClN5O7. The second-order valence-electron chi connectivity index (χ2n) is 12.3.